The molecule has 0 aromatic carbocycles. The first kappa shape index (κ1) is 19.2. The summed E-state index contributed by atoms with van der Waals surface area (Å²) in [7, 11) is 0. The molecule has 0 aromatic heterocycles. The molecular weight excluding hydrogens is 330 g/mol. The van der Waals surface area contributed by atoms with E-state index in [0.717, 1.165) is 44.1 Å². The standard InChI is InChI=1S/C21H33NO4/c1-14(2)20(23)25-12-15-3-5-16(6-4-15)13-26-21(24)22-11-19-17-7-8-18(19)10-9-17/h15-19H,1,3-13H2,2H3,(H,22,24). The third kappa shape index (κ3) is 5.01. The zero-order chi connectivity index (χ0) is 18.5. The Kier molecular flexibility index (Phi) is 6.60. The lowest BCUT2D eigenvalue weighted by Crippen LogP contribution is -2.33. The molecule has 3 aliphatic rings. The second-order valence-electron chi connectivity index (χ2n) is 8.58. The maximum absolute atomic E-state index is 12.0. The van der Waals surface area contributed by atoms with Crippen LogP contribution in [-0.4, -0.2) is 31.8 Å². The largest absolute Gasteiger partial charge is 0.462 e. The minimum atomic E-state index is -0.303. The fraction of sp³-hybridized carbons (Fsp3) is 0.810. The summed E-state index contributed by atoms with van der Waals surface area (Å²) < 4.78 is 10.7. The predicted molar refractivity (Wildman–Crippen MR) is 99.5 cm³/mol. The molecule has 0 spiro atoms. The van der Waals surface area contributed by atoms with Crippen molar-refractivity contribution in [1.29, 1.82) is 0 Å². The van der Waals surface area contributed by atoms with Crippen LogP contribution in [-0.2, 0) is 14.3 Å². The minimum absolute atomic E-state index is 0.256. The van der Waals surface area contributed by atoms with E-state index in [9.17, 15) is 9.59 Å². The quantitative estimate of drug-likeness (QED) is 0.547. The van der Waals surface area contributed by atoms with Crippen LogP contribution in [0.4, 0.5) is 4.79 Å². The van der Waals surface area contributed by atoms with Crippen LogP contribution in [0.3, 0.4) is 0 Å². The van der Waals surface area contributed by atoms with Gasteiger partial charge in [0.2, 0.25) is 0 Å². The van der Waals surface area contributed by atoms with Gasteiger partial charge in [0.15, 0.2) is 0 Å². The van der Waals surface area contributed by atoms with Crippen molar-refractivity contribution in [3.8, 4) is 0 Å². The van der Waals surface area contributed by atoms with Crippen LogP contribution in [0, 0.1) is 29.6 Å². The second-order valence-corrected chi connectivity index (χ2v) is 8.58. The first-order chi connectivity index (χ1) is 12.5. The lowest BCUT2D eigenvalue weighted by molar-refractivity contribution is -0.140. The van der Waals surface area contributed by atoms with Gasteiger partial charge in [-0.1, -0.05) is 6.58 Å². The van der Waals surface area contributed by atoms with E-state index in [0.29, 0.717) is 36.5 Å². The number of amides is 1. The molecule has 0 aliphatic heterocycles. The van der Waals surface area contributed by atoms with Gasteiger partial charge in [-0.3, -0.25) is 0 Å². The summed E-state index contributed by atoms with van der Waals surface area (Å²) in [4.78, 5) is 23.4. The number of fused-ring (bicyclic) bond motifs is 2. The maximum Gasteiger partial charge on any atom is 0.407 e. The number of carbonyl (C=O) groups is 2. The average molecular weight is 363 g/mol. The van der Waals surface area contributed by atoms with Crippen molar-refractivity contribution in [1.82, 2.24) is 5.32 Å². The Balaban J connectivity index is 1.26. The molecule has 3 rings (SSSR count). The Morgan fingerprint density at radius 1 is 0.885 bits per heavy atom. The molecular formula is C21H33NO4. The molecule has 1 N–H and O–H groups in total. The second kappa shape index (κ2) is 8.92. The predicted octanol–water partition coefficient (Wildman–Crippen LogP) is 4.07. The van der Waals surface area contributed by atoms with Crippen molar-refractivity contribution in [3.05, 3.63) is 12.2 Å². The molecule has 3 fully saturated rings. The van der Waals surface area contributed by atoms with Crippen molar-refractivity contribution in [2.45, 2.75) is 58.3 Å². The molecule has 3 saturated carbocycles. The van der Waals surface area contributed by atoms with Crippen LogP contribution < -0.4 is 5.32 Å². The topological polar surface area (TPSA) is 64.6 Å². The Morgan fingerprint density at radius 3 is 1.88 bits per heavy atom. The first-order valence-electron chi connectivity index (χ1n) is 10.3. The fourth-order valence-corrected chi connectivity index (χ4v) is 5.05. The third-order valence-electron chi connectivity index (χ3n) is 6.72. The number of hydrogen-bond donors (Lipinski definition) is 1. The van der Waals surface area contributed by atoms with Crippen molar-refractivity contribution in [2.75, 3.05) is 19.8 Å². The number of alkyl carbamates (subject to hydrolysis) is 1. The number of hydrogen-bond acceptors (Lipinski definition) is 4. The molecule has 26 heavy (non-hydrogen) atoms. The third-order valence-corrected chi connectivity index (χ3v) is 6.72. The summed E-state index contributed by atoms with van der Waals surface area (Å²) in [6.45, 7) is 7.02. The normalized spacial score (nSPS) is 32.9. The van der Waals surface area contributed by atoms with Gasteiger partial charge in [-0.15, -0.1) is 0 Å². The molecule has 0 saturated heterocycles. The molecule has 2 bridgehead atoms. The van der Waals surface area contributed by atoms with Gasteiger partial charge in [-0.05, 0) is 87.9 Å². The average Bonchev–Trinajstić information content (AvgIpc) is 3.22. The van der Waals surface area contributed by atoms with Crippen molar-refractivity contribution < 1.29 is 19.1 Å². The van der Waals surface area contributed by atoms with Crippen molar-refractivity contribution >= 4 is 12.1 Å². The summed E-state index contributed by atoms with van der Waals surface area (Å²) in [6, 6.07) is 0. The summed E-state index contributed by atoms with van der Waals surface area (Å²) in [5, 5.41) is 2.99. The lowest BCUT2D eigenvalue weighted by atomic mass is 9.83. The Morgan fingerprint density at radius 2 is 1.38 bits per heavy atom. The van der Waals surface area contributed by atoms with Gasteiger partial charge in [0.1, 0.15) is 0 Å². The van der Waals surface area contributed by atoms with Crippen molar-refractivity contribution in [2.24, 2.45) is 29.6 Å². The Hall–Kier alpha value is -1.52. The van der Waals surface area contributed by atoms with Crippen molar-refractivity contribution in [3.63, 3.8) is 0 Å². The molecule has 0 aromatic rings. The van der Waals surface area contributed by atoms with E-state index in [2.05, 4.69) is 11.9 Å². The Bertz CT molecular complexity index is 504. The summed E-state index contributed by atoms with van der Waals surface area (Å²) in [5.74, 6) is 2.88. The number of nitrogens with one attached hydrogen (secondary N) is 1. The highest BCUT2D eigenvalue weighted by molar-refractivity contribution is 5.86. The SMILES string of the molecule is C=C(C)C(=O)OCC1CCC(COC(=O)NCC2C3CCC2CC3)CC1. The highest BCUT2D eigenvalue weighted by atomic mass is 16.5. The first-order valence-corrected chi connectivity index (χ1v) is 10.3. The maximum atomic E-state index is 12.0. The van der Waals surface area contributed by atoms with E-state index in [4.69, 9.17) is 9.47 Å². The van der Waals surface area contributed by atoms with Gasteiger partial charge in [0.05, 0.1) is 13.2 Å². The highest BCUT2D eigenvalue weighted by Gasteiger charge is 2.41. The van der Waals surface area contributed by atoms with Crippen LogP contribution >= 0.6 is 0 Å². The number of esters is 1. The smallest absolute Gasteiger partial charge is 0.407 e. The molecule has 1 amide bonds. The van der Waals surface area contributed by atoms with E-state index in [1.807, 2.05) is 0 Å². The van der Waals surface area contributed by atoms with Crippen LogP contribution in [0.1, 0.15) is 58.3 Å². The number of carbonyl (C=O) groups excluding carboxylic acids is 2. The molecule has 146 valence electrons. The lowest BCUT2D eigenvalue weighted by Gasteiger charge is -2.28. The zero-order valence-corrected chi connectivity index (χ0v) is 16.0. The van der Waals surface area contributed by atoms with E-state index < -0.39 is 0 Å². The van der Waals surface area contributed by atoms with Gasteiger partial charge in [0.25, 0.3) is 0 Å². The van der Waals surface area contributed by atoms with Gasteiger partial charge in [-0.25, -0.2) is 9.59 Å². The molecule has 0 atom stereocenters. The summed E-state index contributed by atoms with van der Waals surface area (Å²) in [6.07, 6.45) is 9.20. The van der Waals surface area contributed by atoms with E-state index in [1.165, 1.54) is 25.7 Å². The van der Waals surface area contributed by atoms with E-state index >= 15 is 0 Å². The zero-order valence-electron chi connectivity index (χ0n) is 16.0. The summed E-state index contributed by atoms with van der Waals surface area (Å²) >= 11 is 0. The molecule has 3 aliphatic carbocycles. The molecule has 0 heterocycles. The van der Waals surface area contributed by atoms with Crippen LogP contribution in [0.2, 0.25) is 0 Å². The molecule has 5 heteroatoms. The van der Waals surface area contributed by atoms with Gasteiger partial charge in [0, 0.05) is 12.1 Å². The molecule has 0 unspecified atom stereocenters. The van der Waals surface area contributed by atoms with Gasteiger partial charge < -0.3 is 14.8 Å². The number of ether oxygens (including phenoxy) is 2. The number of rotatable bonds is 7. The van der Waals surface area contributed by atoms with Gasteiger partial charge in [-0.2, -0.15) is 0 Å². The minimum Gasteiger partial charge on any atom is -0.462 e. The van der Waals surface area contributed by atoms with Crippen LogP contribution in [0.15, 0.2) is 12.2 Å². The highest BCUT2D eigenvalue weighted by Crippen LogP contribution is 2.48. The van der Waals surface area contributed by atoms with E-state index in [1.54, 1.807) is 6.92 Å². The van der Waals surface area contributed by atoms with Crippen LogP contribution in [0.5, 0.6) is 0 Å². The monoisotopic (exact) mass is 363 g/mol. The van der Waals surface area contributed by atoms with Crippen LogP contribution in [0.25, 0.3) is 0 Å². The molecule has 5 nitrogen and oxygen atoms in total. The molecule has 0 radical (unpaired) electrons. The van der Waals surface area contributed by atoms with Gasteiger partial charge >= 0.3 is 12.1 Å². The van der Waals surface area contributed by atoms with E-state index in [-0.39, 0.29) is 12.1 Å². The summed E-state index contributed by atoms with van der Waals surface area (Å²) in [5.41, 5.74) is 0.448. The Labute approximate surface area is 156 Å². The fourth-order valence-electron chi connectivity index (χ4n) is 5.05.